The van der Waals surface area contributed by atoms with E-state index in [0.29, 0.717) is 29.8 Å². The van der Waals surface area contributed by atoms with Crippen LogP contribution in [0.25, 0.3) is 0 Å². The molecule has 28 heavy (non-hydrogen) atoms. The van der Waals surface area contributed by atoms with E-state index in [0.717, 1.165) is 43.8 Å². The molecule has 4 saturated carbocycles. The van der Waals surface area contributed by atoms with Crippen LogP contribution in [0.5, 0.6) is 0 Å². The maximum Gasteiger partial charge on any atom is 0.331 e. The van der Waals surface area contributed by atoms with E-state index >= 15 is 0 Å². The van der Waals surface area contributed by atoms with Gasteiger partial charge in [-0.2, -0.15) is 0 Å². The zero-order chi connectivity index (χ0) is 19.4. The van der Waals surface area contributed by atoms with Crippen LogP contribution in [0.3, 0.4) is 0 Å². The molecule has 4 heteroatoms. The SMILES string of the molecule is C[C@]12CC[C@]3(CO3)C[C@H]1CC[C@@H]1[C@@H]2CC[C@]2(C)[C@@H](C3=CC(=O)OC3)CC[C@]12O. The van der Waals surface area contributed by atoms with Crippen molar-refractivity contribution >= 4 is 5.97 Å². The van der Waals surface area contributed by atoms with Crippen LogP contribution in [-0.2, 0) is 14.3 Å². The lowest BCUT2D eigenvalue weighted by Gasteiger charge is -2.63. The number of carbonyl (C=O) groups is 1. The highest BCUT2D eigenvalue weighted by molar-refractivity contribution is 5.85. The molecule has 1 saturated heterocycles. The average Bonchev–Trinajstić information content (AvgIpc) is 3.18. The van der Waals surface area contributed by atoms with Crippen molar-refractivity contribution < 1.29 is 19.4 Å². The summed E-state index contributed by atoms with van der Waals surface area (Å²) in [7, 11) is 0. The number of rotatable bonds is 1. The number of fused-ring (bicyclic) bond motifs is 5. The molecule has 8 atom stereocenters. The Labute approximate surface area is 168 Å². The molecule has 6 aliphatic rings. The van der Waals surface area contributed by atoms with Crippen LogP contribution >= 0.6 is 0 Å². The molecule has 1 spiro atoms. The Morgan fingerprint density at radius 3 is 2.57 bits per heavy atom. The van der Waals surface area contributed by atoms with Crippen LogP contribution in [-0.4, -0.2) is 35.5 Å². The first-order chi connectivity index (χ1) is 13.3. The molecule has 6 rings (SSSR count). The molecule has 1 N–H and O–H groups in total. The van der Waals surface area contributed by atoms with Crippen molar-refractivity contribution in [3.8, 4) is 0 Å². The van der Waals surface area contributed by atoms with Gasteiger partial charge >= 0.3 is 5.97 Å². The van der Waals surface area contributed by atoms with Crippen molar-refractivity contribution in [1.29, 1.82) is 0 Å². The molecule has 0 amide bonds. The summed E-state index contributed by atoms with van der Waals surface area (Å²) in [5.74, 6) is 1.90. The Bertz CT molecular complexity index is 754. The third-order valence-electron chi connectivity index (χ3n) is 10.7. The van der Waals surface area contributed by atoms with Gasteiger partial charge in [0.05, 0.1) is 17.8 Å². The Morgan fingerprint density at radius 2 is 1.86 bits per heavy atom. The molecule has 0 aromatic heterocycles. The molecule has 4 aliphatic carbocycles. The largest absolute Gasteiger partial charge is 0.458 e. The summed E-state index contributed by atoms with van der Waals surface area (Å²) in [4.78, 5) is 11.7. The summed E-state index contributed by atoms with van der Waals surface area (Å²) in [5.41, 5.74) is 1.02. The van der Waals surface area contributed by atoms with Crippen LogP contribution in [0.4, 0.5) is 0 Å². The fourth-order valence-electron chi connectivity index (χ4n) is 8.82. The zero-order valence-electron chi connectivity index (χ0n) is 17.3. The summed E-state index contributed by atoms with van der Waals surface area (Å²) in [6, 6.07) is 0. The molecule has 0 bridgehead atoms. The highest BCUT2D eigenvalue weighted by Gasteiger charge is 2.68. The van der Waals surface area contributed by atoms with Crippen molar-refractivity contribution in [3.05, 3.63) is 11.6 Å². The van der Waals surface area contributed by atoms with Gasteiger partial charge in [0.1, 0.15) is 6.61 Å². The maximum absolute atomic E-state index is 12.2. The smallest absolute Gasteiger partial charge is 0.331 e. The van der Waals surface area contributed by atoms with Crippen LogP contribution in [0.15, 0.2) is 11.6 Å². The van der Waals surface area contributed by atoms with Crippen molar-refractivity contribution in [2.75, 3.05) is 13.2 Å². The number of hydrogen-bond donors (Lipinski definition) is 1. The summed E-state index contributed by atoms with van der Waals surface area (Å²) in [6.45, 7) is 6.26. The van der Waals surface area contributed by atoms with E-state index in [9.17, 15) is 9.90 Å². The molecular formula is C24H34O4. The predicted molar refractivity (Wildman–Crippen MR) is 104 cm³/mol. The molecule has 0 unspecified atom stereocenters. The van der Waals surface area contributed by atoms with Gasteiger partial charge in [-0.25, -0.2) is 4.79 Å². The molecule has 154 valence electrons. The molecule has 0 aromatic carbocycles. The molecule has 4 nitrogen and oxygen atoms in total. The lowest BCUT2D eigenvalue weighted by atomic mass is 9.42. The Hall–Kier alpha value is -0.870. The molecule has 5 fully saturated rings. The van der Waals surface area contributed by atoms with E-state index in [-0.39, 0.29) is 17.0 Å². The van der Waals surface area contributed by atoms with Gasteiger partial charge < -0.3 is 14.6 Å². The van der Waals surface area contributed by atoms with Gasteiger partial charge in [0.15, 0.2) is 0 Å². The summed E-state index contributed by atoms with van der Waals surface area (Å²) in [6.07, 6.45) is 12.0. The summed E-state index contributed by atoms with van der Waals surface area (Å²) in [5, 5.41) is 12.2. The highest BCUT2D eigenvalue weighted by atomic mass is 16.6. The number of carbonyl (C=O) groups excluding carboxylic acids is 1. The van der Waals surface area contributed by atoms with Gasteiger partial charge in [-0.1, -0.05) is 13.8 Å². The Kier molecular flexibility index (Phi) is 3.48. The van der Waals surface area contributed by atoms with Crippen molar-refractivity contribution in [3.63, 3.8) is 0 Å². The fraction of sp³-hybridized carbons (Fsp3) is 0.875. The van der Waals surface area contributed by atoms with Crippen molar-refractivity contribution in [2.45, 2.75) is 82.8 Å². The second-order valence-electron chi connectivity index (χ2n) is 11.5. The van der Waals surface area contributed by atoms with E-state index in [1.54, 1.807) is 6.08 Å². The van der Waals surface area contributed by atoms with Gasteiger partial charge in [-0.3, -0.25) is 0 Å². The number of aliphatic hydroxyl groups is 1. The molecule has 2 heterocycles. The van der Waals surface area contributed by atoms with E-state index in [2.05, 4.69) is 13.8 Å². The quantitative estimate of drug-likeness (QED) is 0.546. The second kappa shape index (κ2) is 5.43. The Balaban J connectivity index is 1.32. The number of ether oxygens (including phenoxy) is 2. The first-order valence-corrected chi connectivity index (χ1v) is 11.5. The normalized spacial score (nSPS) is 57.2. The van der Waals surface area contributed by atoms with E-state index in [4.69, 9.17) is 9.47 Å². The topological polar surface area (TPSA) is 59.1 Å². The molecule has 0 radical (unpaired) electrons. The van der Waals surface area contributed by atoms with Crippen LogP contribution in [0.1, 0.15) is 71.6 Å². The Morgan fingerprint density at radius 1 is 1.04 bits per heavy atom. The van der Waals surface area contributed by atoms with Crippen molar-refractivity contribution in [2.24, 2.45) is 34.5 Å². The minimum absolute atomic E-state index is 0.118. The summed E-state index contributed by atoms with van der Waals surface area (Å²) >= 11 is 0. The zero-order valence-corrected chi connectivity index (χ0v) is 17.3. The number of hydrogen-bond acceptors (Lipinski definition) is 4. The van der Waals surface area contributed by atoms with Crippen LogP contribution in [0.2, 0.25) is 0 Å². The van der Waals surface area contributed by atoms with E-state index in [1.807, 2.05) is 0 Å². The monoisotopic (exact) mass is 386 g/mol. The average molecular weight is 387 g/mol. The third-order valence-corrected chi connectivity index (χ3v) is 10.7. The van der Waals surface area contributed by atoms with Gasteiger partial charge in [0.2, 0.25) is 0 Å². The first-order valence-electron chi connectivity index (χ1n) is 11.5. The fourth-order valence-corrected chi connectivity index (χ4v) is 8.82. The lowest BCUT2D eigenvalue weighted by Crippen LogP contribution is -2.62. The van der Waals surface area contributed by atoms with E-state index in [1.165, 1.54) is 32.1 Å². The van der Waals surface area contributed by atoms with Crippen molar-refractivity contribution in [1.82, 2.24) is 0 Å². The first kappa shape index (κ1) is 17.9. The molecular weight excluding hydrogens is 352 g/mol. The second-order valence-corrected chi connectivity index (χ2v) is 11.5. The third kappa shape index (κ3) is 2.12. The number of cyclic esters (lactones) is 1. The molecule has 2 aliphatic heterocycles. The maximum atomic E-state index is 12.2. The predicted octanol–water partition coefficient (Wildman–Crippen LogP) is 4.01. The summed E-state index contributed by atoms with van der Waals surface area (Å²) < 4.78 is 11.1. The minimum Gasteiger partial charge on any atom is -0.458 e. The van der Waals surface area contributed by atoms with Gasteiger partial charge in [0, 0.05) is 11.5 Å². The van der Waals surface area contributed by atoms with Gasteiger partial charge in [-0.15, -0.1) is 0 Å². The van der Waals surface area contributed by atoms with Crippen LogP contribution in [0, 0.1) is 34.5 Å². The lowest BCUT2D eigenvalue weighted by molar-refractivity contribution is -0.206. The minimum atomic E-state index is -0.591. The van der Waals surface area contributed by atoms with E-state index < -0.39 is 5.60 Å². The highest BCUT2D eigenvalue weighted by Crippen LogP contribution is 2.71. The molecule has 0 aromatic rings. The number of epoxide rings is 1. The standard InChI is InChI=1S/C24H34O4/c1-21-9-10-23(14-28-23)12-16(21)3-4-19-18(21)5-7-22(2)17(6-8-24(19,22)26)15-11-20(25)27-13-15/h11,16-19,26H,3-10,12-14H2,1-2H3/t16-,17-,18+,19-,21+,22-,23-,24+/m1/s1. The van der Waals surface area contributed by atoms with Gasteiger partial charge in [-0.05, 0) is 92.4 Å². The van der Waals surface area contributed by atoms with Crippen LogP contribution < -0.4 is 0 Å². The number of esters is 1. The van der Waals surface area contributed by atoms with Gasteiger partial charge in [0.25, 0.3) is 0 Å².